The molecule has 0 fully saturated rings. The molecule has 0 aliphatic carbocycles. The van der Waals surface area contributed by atoms with Crippen molar-refractivity contribution >= 4 is 23.2 Å². The maximum absolute atomic E-state index is 13.1. The van der Waals surface area contributed by atoms with Gasteiger partial charge in [-0.15, -0.1) is 0 Å². The molecule has 0 radical (unpaired) electrons. The fraction of sp³-hybridized carbons (Fsp3) is 0.278. The second kappa shape index (κ2) is 8.51. The molecule has 0 heterocycles. The largest absolute Gasteiger partial charge is 0.418 e. The highest BCUT2D eigenvalue weighted by molar-refractivity contribution is 6.31. The number of amides is 1. The molecule has 26 heavy (non-hydrogen) atoms. The van der Waals surface area contributed by atoms with Crippen molar-refractivity contribution in [2.24, 2.45) is 0 Å². The van der Waals surface area contributed by atoms with Crippen LogP contribution in [0.5, 0.6) is 0 Å². The number of para-hydroxylation sites is 1. The molecule has 0 bridgehead atoms. The second-order valence-electron chi connectivity index (χ2n) is 5.63. The van der Waals surface area contributed by atoms with Crippen molar-refractivity contribution in [1.29, 1.82) is 0 Å². The molecule has 1 amide bonds. The molecule has 0 aromatic heterocycles. The first-order valence-electron chi connectivity index (χ1n) is 7.83. The summed E-state index contributed by atoms with van der Waals surface area (Å²) in [6.45, 7) is 2.40. The summed E-state index contributed by atoms with van der Waals surface area (Å²) in [5, 5.41) is 2.53. The van der Waals surface area contributed by atoms with Crippen LogP contribution < -0.4 is 5.32 Å². The normalized spacial score (nSPS) is 11.7. The van der Waals surface area contributed by atoms with Crippen LogP contribution in [0.4, 0.5) is 23.2 Å². The number of nitrogens with one attached hydrogen (secondary N) is 1. The van der Waals surface area contributed by atoms with Crippen LogP contribution in [0.1, 0.15) is 18.1 Å². The summed E-state index contributed by atoms with van der Waals surface area (Å²) >= 11 is 5.98. The van der Waals surface area contributed by atoms with E-state index in [1.807, 2.05) is 0 Å². The number of carbonyl (C=O) groups excluding carboxylic acids is 1. The standard InChI is InChI=1S/C18H17ClF4N2O/c1-2-25(10-12-7-8-13(20)9-15(12)19)11-17(26)24-16-6-4-3-5-14(16)18(21,22)23/h3-9H,2,10-11H2,1H3,(H,24,26). The molecular weight excluding hydrogens is 372 g/mol. The van der Waals surface area contributed by atoms with Gasteiger partial charge in [0.15, 0.2) is 0 Å². The lowest BCUT2D eigenvalue weighted by Crippen LogP contribution is -2.33. The molecule has 0 spiro atoms. The lowest BCUT2D eigenvalue weighted by Gasteiger charge is -2.21. The van der Waals surface area contributed by atoms with Gasteiger partial charge >= 0.3 is 6.18 Å². The van der Waals surface area contributed by atoms with Gasteiger partial charge in [0.2, 0.25) is 5.91 Å². The highest BCUT2D eigenvalue weighted by Crippen LogP contribution is 2.34. The summed E-state index contributed by atoms with van der Waals surface area (Å²) in [6.07, 6.45) is -4.56. The van der Waals surface area contributed by atoms with Crippen LogP contribution in [0, 0.1) is 5.82 Å². The predicted octanol–water partition coefficient (Wildman–Crippen LogP) is 4.96. The number of alkyl halides is 3. The van der Waals surface area contributed by atoms with Crippen LogP contribution in [0.25, 0.3) is 0 Å². The fourth-order valence-electron chi connectivity index (χ4n) is 2.40. The Kier molecular flexibility index (Phi) is 6.61. The molecular formula is C18H17ClF4N2O. The Morgan fingerprint density at radius 2 is 1.88 bits per heavy atom. The molecule has 0 atom stereocenters. The van der Waals surface area contributed by atoms with E-state index in [9.17, 15) is 22.4 Å². The monoisotopic (exact) mass is 388 g/mol. The highest BCUT2D eigenvalue weighted by atomic mass is 35.5. The summed E-state index contributed by atoms with van der Waals surface area (Å²) < 4.78 is 52.1. The Morgan fingerprint density at radius 3 is 2.50 bits per heavy atom. The molecule has 2 aromatic carbocycles. The van der Waals surface area contributed by atoms with E-state index < -0.39 is 23.5 Å². The molecule has 140 valence electrons. The van der Waals surface area contributed by atoms with Crippen LogP contribution in [-0.4, -0.2) is 23.9 Å². The van der Waals surface area contributed by atoms with Gasteiger partial charge < -0.3 is 5.32 Å². The minimum atomic E-state index is -4.56. The summed E-state index contributed by atoms with van der Waals surface area (Å²) in [6, 6.07) is 8.73. The van der Waals surface area contributed by atoms with Crippen LogP contribution in [0.3, 0.4) is 0 Å². The second-order valence-corrected chi connectivity index (χ2v) is 6.04. The average molecular weight is 389 g/mol. The van der Waals surface area contributed by atoms with Gasteiger partial charge in [-0.3, -0.25) is 9.69 Å². The van der Waals surface area contributed by atoms with E-state index in [-0.39, 0.29) is 23.8 Å². The SMILES string of the molecule is CCN(CC(=O)Nc1ccccc1C(F)(F)F)Cc1ccc(F)cc1Cl. The van der Waals surface area contributed by atoms with Crippen molar-refractivity contribution in [3.63, 3.8) is 0 Å². The van der Waals surface area contributed by atoms with Gasteiger partial charge in [0.25, 0.3) is 0 Å². The number of nitrogens with zero attached hydrogens (tertiary/aromatic N) is 1. The van der Waals surface area contributed by atoms with Crippen molar-refractivity contribution in [3.05, 3.63) is 64.4 Å². The number of carbonyl (C=O) groups is 1. The third kappa shape index (κ3) is 5.44. The van der Waals surface area contributed by atoms with Gasteiger partial charge in [-0.05, 0) is 36.4 Å². The van der Waals surface area contributed by atoms with Gasteiger partial charge in [-0.2, -0.15) is 13.2 Å². The first-order valence-corrected chi connectivity index (χ1v) is 8.21. The molecule has 8 heteroatoms. The maximum Gasteiger partial charge on any atom is 0.418 e. The number of anilines is 1. The van der Waals surface area contributed by atoms with Gasteiger partial charge in [-0.1, -0.05) is 36.7 Å². The molecule has 0 saturated heterocycles. The van der Waals surface area contributed by atoms with Crippen molar-refractivity contribution < 1.29 is 22.4 Å². The molecule has 1 N–H and O–H groups in total. The minimum Gasteiger partial charge on any atom is -0.324 e. The fourth-order valence-corrected chi connectivity index (χ4v) is 2.63. The number of benzene rings is 2. The summed E-state index contributed by atoms with van der Waals surface area (Å²) in [4.78, 5) is 13.9. The van der Waals surface area contributed by atoms with E-state index in [0.717, 1.165) is 6.07 Å². The Bertz CT molecular complexity index is 780. The van der Waals surface area contributed by atoms with E-state index >= 15 is 0 Å². The van der Waals surface area contributed by atoms with E-state index in [0.29, 0.717) is 12.1 Å². The number of hydrogen-bond donors (Lipinski definition) is 1. The number of rotatable bonds is 6. The first kappa shape index (κ1) is 20.2. The zero-order valence-corrected chi connectivity index (χ0v) is 14.7. The van der Waals surface area contributed by atoms with Gasteiger partial charge in [0.05, 0.1) is 17.8 Å². The summed E-state index contributed by atoms with van der Waals surface area (Å²) in [7, 11) is 0. The molecule has 2 aromatic rings. The van der Waals surface area contributed by atoms with Gasteiger partial charge in [0.1, 0.15) is 5.82 Å². The van der Waals surface area contributed by atoms with E-state index in [1.165, 1.54) is 36.4 Å². The van der Waals surface area contributed by atoms with E-state index in [4.69, 9.17) is 11.6 Å². The Hall–Kier alpha value is -2.12. The van der Waals surface area contributed by atoms with Crippen LogP contribution in [0.2, 0.25) is 5.02 Å². The lowest BCUT2D eigenvalue weighted by molar-refractivity contribution is -0.137. The quantitative estimate of drug-likeness (QED) is 0.709. The first-order chi connectivity index (χ1) is 12.2. The van der Waals surface area contributed by atoms with Gasteiger partial charge in [-0.25, -0.2) is 4.39 Å². The predicted molar refractivity (Wildman–Crippen MR) is 92.4 cm³/mol. The number of halogens is 5. The van der Waals surface area contributed by atoms with Crippen LogP contribution in [0.15, 0.2) is 42.5 Å². The summed E-state index contributed by atoms with van der Waals surface area (Å²) in [5.41, 5.74) is -0.572. The van der Waals surface area contributed by atoms with Crippen molar-refractivity contribution in [2.45, 2.75) is 19.6 Å². The third-order valence-electron chi connectivity index (χ3n) is 3.73. The van der Waals surface area contributed by atoms with Gasteiger partial charge in [0, 0.05) is 11.6 Å². The zero-order chi connectivity index (χ0) is 19.3. The molecule has 0 aliphatic rings. The van der Waals surface area contributed by atoms with Crippen molar-refractivity contribution in [3.8, 4) is 0 Å². The molecule has 0 aliphatic heterocycles. The van der Waals surface area contributed by atoms with Crippen molar-refractivity contribution in [1.82, 2.24) is 4.90 Å². The molecule has 2 rings (SSSR count). The zero-order valence-electron chi connectivity index (χ0n) is 13.9. The molecule has 3 nitrogen and oxygen atoms in total. The Balaban J connectivity index is 2.06. The highest BCUT2D eigenvalue weighted by Gasteiger charge is 2.33. The molecule has 0 unspecified atom stereocenters. The minimum absolute atomic E-state index is 0.129. The average Bonchev–Trinajstić information content (AvgIpc) is 2.56. The molecule has 0 saturated carbocycles. The number of likely N-dealkylation sites (N-methyl/N-ethyl adjacent to an activating group) is 1. The van der Waals surface area contributed by atoms with E-state index in [1.54, 1.807) is 11.8 Å². The summed E-state index contributed by atoms with van der Waals surface area (Å²) in [5.74, 6) is -1.05. The van der Waals surface area contributed by atoms with Crippen LogP contribution in [-0.2, 0) is 17.5 Å². The van der Waals surface area contributed by atoms with E-state index in [2.05, 4.69) is 5.32 Å². The lowest BCUT2D eigenvalue weighted by atomic mass is 10.1. The van der Waals surface area contributed by atoms with Crippen molar-refractivity contribution in [2.75, 3.05) is 18.4 Å². The smallest absolute Gasteiger partial charge is 0.324 e. The topological polar surface area (TPSA) is 32.3 Å². The Labute approximate surface area is 153 Å². The number of hydrogen-bond acceptors (Lipinski definition) is 2. The van der Waals surface area contributed by atoms with Crippen LogP contribution >= 0.6 is 11.6 Å². The maximum atomic E-state index is 13.1. The Morgan fingerprint density at radius 1 is 1.19 bits per heavy atom. The third-order valence-corrected chi connectivity index (χ3v) is 4.08.